The number of fused-ring (bicyclic) bond motifs is 1. The standard InChI is InChI=1S/C23H24ClN7O2/c1-13(24)21(32)27-16-8-9-19-17(11-16)29-20(31(19)3)14-6-5-7-15(10-14)28-23-26-12-18(25-2)22(30-23)33-4/h8-9,11-12,14-15H,1,5-7,10H2,3-4H3,(H,27,32)(H,26,28,30)/t14-,15+/m0/s1. The Morgan fingerprint density at radius 2 is 2.18 bits per heavy atom. The van der Waals surface area contributed by atoms with E-state index in [0.717, 1.165) is 42.5 Å². The molecular weight excluding hydrogens is 442 g/mol. The number of amides is 1. The van der Waals surface area contributed by atoms with Crippen molar-refractivity contribution in [3.8, 4) is 5.88 Å². The number of carbonyl (C=O) groups is 1. The normalized spacial score (nSPS) is 17.9. The molecule has 1 fully saturated rings. The summed E-state index contributed by atoms with van der Waals surface area (Å²) in [5, 5.41) is 6.05. The Kier molecular flexibility index (Phi) is 6.47. The van der Waals surface area contributed by atoms with Gasteiger partial charge in [0.2, 0.25) is 11.8 Å². The lowest BCUT2D eigenvalue weighted by Crippen LogP contribution is -2.28. The first-order valence-electron chi connectivity index (χ1n) is 10.6. The molecule has 1 amide bonds. The molecule has 2 heterocycles. The molecule has 1 saturated carbocycles. The van der Waals surface area contributed by atoms with Crippen LogP contribution in [0, 0.1) is 6.57 Å². The van der Waals surface area contributed by atoms with Crippen LogP contribution in [0.1, 0.15) is 37.4 Å². The lowest BCUT2D eigenvalue weighted by molar-refractivity contribution is -0.112. The lowest BCUT2D eigenvalue weighted by atomic mass is 9.85. The van der Waals surface area contributed by atoms with E-state index in [2.05, 4.69) is 36.6 Å². The maximum Gasteiger partial charge on any atom is 0.266 e. The quantitative estimate of drug-likeness (QED) is 0.402. The van der Waals surface area contributed by atoms with Crippen LogP contribution in [-0.4, -0.2) is 38.6 Å². The van der Waals surface area contributed by atoms with Gasteiger partial charge in [0.1, 0.15) is 5.82 Å². The van der Waals surface area contributed by atoms with Crippen molar-refractivity contribution >= 4 is 45.9 Å². The number of aromatic nitrogens is 4. The minimum atomic E-state index is -0.434. The third-order valence-corrected chi connectivity index (χ3v) is 6.01. The molecule has 2 atom stereocenters. The van der Waals surface area contributed by atoms with Gasteiger partial charge in [-0.15, -0.1) is 0 Å². The van der Waals surface area contributed by atoms with Crippen LogP contribution in [0.2, 0.25) is 0 Å². The average molecular weight is 466 g/mol. The monoisotopic (exact) mass is 465 g/mol. The molecule has 0 aliphatic heterocycles. The number of hydrogen-bond donors (Lipinski definition) is 2. The molecule has 1 aliphatic rings. The summed E-state index contributed by atoms with van der Waals surface area (Å²) in [7, 11) is 3.50. The molecule has 0 unspecified atom stereocenters. The van der Waals surface area contributed by atoms with Gasteiger partial charge in [0, 0.05) is 30.9 Å². The van der Waals surface area contributed by atoms with E-state index in [1.165, 1.54) is 13.3 Å². The van der Waals surface area contributed by atoms with E-state index >= 15 is 0 Å². The van der Waals surface area contributed by atoms with E-state index in [1.54, 1.807) is 0 Å². The van der Waals surface area contributed by atoms with Crippen LogP contribution in [0.25, 0.3) is 15.9 Å². The first-order valence-corrected chi connectivity index (χ1v) is 10.9. The van der Waals surface area contributed by atoms with E-state index in [0.29, 0.717) is 11.6 Å². The Morgan fingerprint density at radius 1 is 1.36 bits per heavy atom. The largest absolute Gasteiger partial charge is 0.490 e. The molecule has 2 aromatic heterocycles. The first kappa shape index (κ1) is 22.6. The fourth-order valence-corrected chi connectivity index (χ4v) is 4.30. The lowest BCUT2D eigenvalue weighted by Gasteiger charge is -2.29. The fraction of sp³-hybridized carbons (Fsp3) is 0.348. The summed E-state index contributed by atoms with van der Waals surface area (Å²) >= 11 is 5.67. The highest BCUT2D eigenvalue weighted by Crippen LogP contribution is 2.35. The molecule has 0 saturated heterocycles. The summed E-state index contributed by atoms with van der Waals surface area (Å²) in [5.41, 5.74) is 2.71. The second-order valence-electron chi connectivity index (χ2n) is 8.00. The van der Waals surface area contributed by atoms with E-state index in [4.69, 9.17) is 27.9 Å². The summed E-state index contributed by atoms with van der Waals surface area (Å²) in [4.78, 5) is 28.7. The summed E-state index contributed by atoms with van der Waals surface area (Å²) in [5.74, 6) is 1.56. The van der Waals surface area contributed by atoms with E-state index in [-0.39, 0.29) is 28.6 Å². The predicted octanol–water partition coefficient (Wildman–Crippen LogP) is 4.75. The van der Waals surface area contributed by atoms with Crippen LogP contribution in [0.15, 0.2) is 36.0 Å². The number of ether oxygens (including phenoxy) is 1. The average Bonchev–Trinajstić information content (AvgIpc) is 3.14. The van der Waals surface area contributed by atoms with Gasteiger partial charge in [-0.1, -0.05) is 24.6 Å². The molecule has 1 aromatic carbocycles. The summed E-state index contributed by atoms with van der Waals surface area (Å²) in [6, 6.07) is 5.79. The van der Waals surface area contributed by atoms with Crippen molar-refractivity contribution in [1.82, 2.24) is 19.5 Å². The second-order valence-corrected chi connectivity index (χ2v) is 8.45. The molecule has 10 heteroatoms. The van der Waals surface area contributed by atoms with Crippen molar-refractivity contribution in [2.24, 2.45) is 7.05 Å². The zero-order chi connectivity index (χ0) is 23.5. The molecule has 0 bridgehead atoms. The third kappa shape index (κ3) is 4.76. The minimum Gasteiger partial charge on any atom is -0.490 e. The number of halogens is 1. The molecule has 33 heavy (non-hydrogen) atoms. The van der Waals surface area contributed by atoms with E-state index < -0.39 is 5.91 Å². The smallest absolute Gasteiger partial charge is 0.266 e. The van der Waals surface area contributed by atoms with E-state index in [1.807, 2.05) is 25.2 Å². The fourth-order valence-electron chi connectivity index (χ4n) is 4.25. The van der Waals surface area contributed by atoms with Gasteiger partial charge in [0.15, 0.2) is 0 Å². The number of benzene rings is 1. The van der Waals surface area contributed by atoms with Crippen LogP contribution in [0.5, 0.6) is 5.88 Å². The zero-order valence-electron chi connectivity index (χ0n) is 18.4. The van der Waals surface area contributed by atoms with Crippen molar-refractivity contribution in [3.63, 3.8) is 0 Å². The number of rotatable bonds is 6. The number of methoxy groups -OCH3 is 1. The van der Waals surface area contributed by atoms with Gasteiger partial charge in [-0.25, -0.2) is 14.8 Å². The Balaban J connectivity index is 1.52. The molecule has 170 valence electrons. The predicted molar refractivity (Wildman–Crippen MR) is 128 cm³/mol. The molecule has 9 nitrogen and oxygen atoms in total. The molecule has 2 N–H and O–H groups in total. The highest BCUT2D eigenvalue weighted by Gasteiger charge is 2.27. The van der Waals surface area contributed by atoms with E-state index in [9.17, 15) is 4.79 Å². The van der Waals surface area contributed by atoms with Crippen molar-refractivity contribution in [3.05, 3.63) is 53.2 Å². The maximum absolute atomic E-state index is 11.8. The van der Waals surface area contributed by atoms with Gasteiger partial charge in [0.05, 0.1) is 29.7 Å². The number of anilines is 2. The highest BCUT2D eigenvalue weighted by atomic mass is 35.5. The zero-order valence-corrected chi connectivity index (χ0v) is 19.2. The molecule has 0 spiro atoms. The summed E-state index contributed by atoms with van der Waals surface area (Å²) < 4.78 is 7.31. The highest BCUT2D eigenvalue weighted by molar-refractivity contribution is 6.43. The Labute approximate surface area is 196 Å². The molecule has 1 aliphatic carbocycles. The molecule has 3 aromatic rings. The van der Waals surface area contributed by atoms with Gasteiger partial charge >= 0.3 is 0 Å². The van der Waals surface area contributed by atoms with Gasteiger partial charge in [-0.2, -0.15) is 4.98 Å². The third-order valence-electron chi connectivity index (χ3n) is 5.84. The van der Waals surface area contributed by atoms with Crippen LogP contribution < -0.4 is 15.4 Å². The first-order chi connectivity index (χ1) is 15.9. The van der Waals surface area contributed by atoms with Crippen molar-refractivity contribution in [1.29, 1.82) is 0 Å². The Morgan fingerprint density at radius 3 is 2.91 bits per heavy atom. The van der Waals surface area contributed by atoms with Crippen molar-refractivity contribution < 1.29 is 9.53 Å². The number of aryl methyl sites for hydroxylation is 1. The number of hydrogen-bond acceptors (Lipinski definition) is 6. The number of carbonyl (C=O) groups excluding carboxylic acids is 1. The number of imidazole rings is 1. The van der Waals surface area contributed by atoms with Crippen LogP contribution in [0.4, 0.5) is 17.3 Å². The van der Waals surface area contributed by atoms with Gasteiger partial charge in [0.25, 0.3) is 11.6 Å². The SMILES string of the molecule is [C-]#[N+]c1cnc(N[C@@H]2CCC[C@H](c3nc4cc(NC(=O)C(=C)Cl)ccc4n3C)C2)nc1OC. The van der Waals surface area contributed by atoms with Crippen molar-refractivity contribution in [2.75, 3.05) is 17.7 Å². The maximum atomic E-state index is 11.8. The van der Waals surface area contributed by atoms with Crippen molar-refractivity contribution in [2.45, 2.75) is 37.6 Å². The Bertz CT molecular complexity index is 1260. The van der Waals surface area contributed by atoms with Crippen LogP contribution in [0.3, 0.4) is 0 Å². The van der Waals surface area contributed by atoms with Gasteiger partial charge in [-0.05, 0) is 37.5 Å². The molecule has 4 rings (SSSR count). The summed E-state index contributed by atoms with van der Waals surface area (Å²) in [6.07, 6.45) is 5.43. The molecule has 0 radical (unpaired) electrons. The number of nitrogens with zero attached hydrogens (tertiary/aromatic N) is 5. The Hall–Kier alpha value is -3.64. The number of nitrogens with one attached hydrogen (secondary N) is 2. The topological polar surface area (TPSA) is 98.3 Å². The minimum absolute atomic E-state index is 0.0668. The van der Waals surface area contributed by atoms with Crippen LogP contribution >= 0.6 is 11.6 Å². The van der Waals surface area contributed by atoms with Crippen LogP contribution in [-0.2, 0) is 11.8 Å². The molecular formula is C23H24ClN7O2. The summed E-state index contributed by atoms with van der Waals surface area (Å²) in [6.45, 7) is 10.6. The van der Waals surface area contributed by atoms with Gasteiger partial charge < -0.3 is 19.9 Å². The van der Waals surface area contributed by atoms with Gasteiger partial charge in [-0.3, -0.25) is 4.79 Å². The second kappa shape index (κ2) is 9.46.